The quantitative estimate of drug-likeness (QED) is 0.486. The molecule has 2 aromatic carbocycles. The second kappa shape index (κ2) is 12.2. The van der Waals surface area contributed by atoms with Crippen LogP contribution in [0.25, 0.3) is 0 Å². The van der Waals surface area contributed by atoms with Crippen molar-refractivity contribution in [3.63, 3.8) is 0 Å². The first-order valence-electron chi connectivity index (χ1n) is 12.4. The van der Waals surface area contributed by atoms with Crippen LogP contribution >= 0.6 is 0 Å². The van der Waals surface area contributed by atoms with Crippen LogP contribution < -0.4 is 5.73 Å². The summed E-state index contributed by atoms with van der Waals surface area (Å²) in [5.41, 5.74) is 5.85. The molecule has 2 aliphatic carbocycles. The average Bonchev–Trinajstić information content (AvgIpc) is 3.69. The first kappa shape index (κ1) is 26.8. The summed E-state index contributed by atoms with van der Waals surface area (Å²) in [5.74, 6) is -1.44. The minimum absolute atomic E-state index is 0.0840. The molecule has 2 aromatic rings. The summed E-state index contributed by atoms with van der Waals surface area (Å²) in [6, 6.07) is 18.3. The third-order valence-corrected chi connectivity index (χ3v) is 7.00. The molecule has 0 heterocycles. The van der Waals surface area contributed by atoms with Gasteiger partial charge in [0.05, 0.1) is 5.92 Å². The normalized spacial score (nSPS) is 20.8. The van der Waals surface area contributed by atoms with Crippen molar-refractivity contribution in [3.8, 4) is 0 Å². The summed E-state index contributed by atoms with van der Waals surface area (Å²) in [4.78, 5) is 26.1. The van der Waals surface area contributed by atoms with Gasteiger partial charge in [0.15, 0.2) is 0 Å². The van der Waals surface area contributed by atoms with Gasteiger partial charge in [-0.25, -0.2) is 0 Å². The highest BCUT2D eigenvalue weighted by molar-refractivity contribution is 5.95. The molecule has 0 bridgehead atoms. The van der Waals surface area contributed by atoms with Crippen molar-refractivity contribution in [1.29, 1.82) is 0 Å². The predicted molar refractivity (Wildman–Crippen MR) is 131 cm³/mol. The van der Waals surface area contributed by atoms with E-state index < -0.39 is 12.1 Å². The Hall–Kier alpha value is -2.83. The lowest BCUT2D eigenvalue weighted by molar-refractivity contribution is -0.146. The molecule has 2 N–H and O–H groups in total. The van der Waals surface area contributed by atoms with Gasteiger partial charge in [0.1, 0.15) is 0 Å². The number of carbonyl (C=O) groups is 2. The Morgan fingerprint density at radius 2 is 1.34 bits per heavy atom. The molecular weight excluding hydrogens is 453 g/mol. The Bertz CT molecular complexity index is 908. The summed E-state index contributed by atoms with van der Waals surface area (Å²) in [6.45, 7) is 1.13. The Kier molecular flexibility index (Phi) is 9.35. The molecule has 0 aliphatic heterocycles. The molecule has 1 unspecified atom stereocenters. The van der Waals surface area contributed by atoms with Crippen molar-refractivity contribution in [2.45, 2.75) is 82.5 Å². The maximum atomic E-state index is 13.1. The summed E-state index contributed by atoms with van der Waals surface area (Å²) in [5, 5.41) is 0. The molecular formula is C28H35F3N2O2. The van der Waals surface area contributed by atoms with E-state index in [9.17, 15) is 22.8 Å². The summed E-state index contributed by atoms with van der Waals surface area (Å²) >= 11 is 0. The zero-order valence-corrected chi connectivity index (χ0v) is 20.2. The van der Waals surface area contributed by atoms with Crippen LogP contribution in [-0.4, -0.2) is 35.0 Å². The molecule has 1 atom stereocenters. The highest BCUT2D eigenvalue weighted by Crippen LogP contribution is 2.38. The van der Waals surface area contributed by atoms with E-state index in [4.69, 9.17) is 5.73 Å². The standard InChI is InChI=1S/C22H29F3N2O2.C6H6/c1-14(22(23,24)25)16-5-7-17(8-6-16)21(29)27(19-11-12-19)18-9-2-15(3-10-18)4-13-20(26)28;1-2-4-6-5-3-1/h5-8,14-15,18-19H,2-4,9-13H2,1H3,(H2,26,28);1-6H. The van der Waals surface area contributed by atoms with Gasteiger partial charge in [-0.05, 0) is 75.5 Å². The van der Waals surface area contributed by atoms with Crippen LogP contribution in [0.1, 0.15) is 80.1 Å². The van der Waals surface area contributed by atoms with E-state index in [0.29, 0.717) is 17.9 Å². The Balaban J connectivity index is 0.000000497. The van der Waals surface area contributed by atoms with Gasteiger partial charge in [-0.1, -0.05) is 48.5 Å². The van der Waals surface area contributed by atoms with E-state index in [2.05, 4.69) is 0 Å². The molecule has 0 radical (unpaired) electrons. The Morgan fingerprint density at radius 3 is 1.74 bits per heavy atom. The van der Waals surface area contributed by atoms with Crippen LogP contribution in [0.15, 0.2) is 60.7 Å². The molecule has 0 spiro atoms. The van der Waals surface area contributed by atoms with Crippen LogP contribution in [0, 0.1) is 5.92 Å². The average molecular weight is 489 g/mol. The number of amides is 2. The zero-order valence-electron chi connectivity index (χ0n) is 20.2. The molecule has 2 amide bonds. The first-order valence-corrected chi connectivity index (χ1v) is 12.4. The number of nitrogens with two attached hydrogens (primary N) is 1. The molecule has 2 fully saturated rings. The van der Waals surface area contributed by atoms with Gasteiger partial charge in [0.2, 0.25) is 5.91 Å². The van der Waals surface area contributed by atoms with E-state index in [1.807, 2.05) is 41.3 Å². The first-order chi connectivity index (χ1) is 16.7. The van der Waals surface area contributed by atoms with Crippen molar-refractivity contribution in [2.24, 2.45) is 11.7 Å². The monoisotopic (exact) mass is 488 g/mol. The zero-order chi connectivity index (χ0) is 25.4. The van der Waals surface area contributed by atoms with Gasteiger partial charge in [0, 0.05) is 24.1 Å². The maximum absolute atomic E-state index is 13.1. The minimum Gasteiger partial charge on any atom is -0.370 e. The van der Waals surface area contributed by atoms with Gasteiger partial charge in [-0.3, -0.25) is 9.59 Å². The molecule has 2 aliphatic rings. The number of halogens is 3. The van der Waals surface area contributed by atoms with Gasteiger partial charge in [0.25, 0.3) is 5.91 Å². The van der Waals surface area contributed by atoms with Crippen LogP contribution in [0.5, 0.6) is 0 Å². The lowest BCUT2D eigenvalue weighted by atomic mass is 9.82. The van der Waals surface area contributed by atoms with Crippen LogP contribution in [-0.2, 0) is 4.79 Å². The van der Waals surface area contributed by atoms with E-state index in [1.54, 1.807) is 0 Å². The molecule has 7 heteroatoms. The lowest BCUT2D eigenvalue weighted by Gasteiger charge is -2.37. The highest BCUT2D eigenvalue weighted by atomic mass is 19.4. The fourth-order valence-corrected chi connectivity index (χ4v) is 4.68. The number of hydrogen-bond donors (Lipinski definition) is 1. The number of hydrogen-bond acceptors (Lipinski definition) is 2. The largest absolute Gasteiger partial charge is 0.395 e. The van der Waals surface area contributed by atoms with Gasteiger partial charge in [-0.2, -0.15) is 13.2 Å². The Morgan fingerprint density at radius 1 is 0.886 bits per heavy atom. The lowest BCUT2D eigenvalue weighted by Crippen LogP contribution is -2.44. The van der Waals surface area contributed by atoms with Gasteiger partial charge < -0.3 is 10.6 Å². The number of rotatable bonds is 7. The summed E-state index contributed by atoms with van der Waals surface area (Å²) < 4.78 is 38.7. The van der Waals surface area contributed by atoms with Crippen LogP contribution in [0.4, 0.5) is 13.2 Å². The van der Waals surface area contributed by atoms with Crippen molar-refractivity contribution in [1.82, 2.24) is 4.90 Å². The second-order valence-electron chi connectivity index (χ2n) is 9.66. The predicted octanol–water partition coefficient (Wildman–Crippen LogP) is 6.47. The third-order valence-electron chi connectivity index (χ3n) is 7.00. The van der Waals surface area contributed by atoms with E-state index >= 15 is 0 Å². The van der Waals surface area contributed by atoms with Crippen molar-refractivity contribution in [2.75, 3.05) is 0 Å². The fraction of sp³-hybridized carbons (Fsp3) is 0.500. The van der Waals surface area contributed by atoms with Crippen molar-refractivity contribution in [3.05, 3.63) is 71.8 Å². The Labute approximate surface area is 205 Å². The molecule has 0 saturated heterocycles. The molecule has 4 nitrogen and oxygen atoms in total. The topological polar surface area (TPSA) is 63.4 Å². The highest BCUT2D eigenvalue weighted by Gasteiger charge is 2.40. The second-order valence-corrected chi connectivity index (χ2v) is 9.66. The summed E-state index contributed by atoms with van der Waals surface area (Å²) in [6.07, 6.45) is 2.62. The van der Waals surface area contributed by atoms with Crippen LogP contribution in [0.3, 0.4) is 0 Å². The number of carbonyl (C=O) groups excluding carboxylic acids is 2. The number of benzene rings is 2. The van der Waals surface area contributed by atoms with E-state index in [1.165, 1.54) is 24.3 Å². The van der Waals surface area contributed by atoms with E-state index in [0.717, 1.165) is 51.9 Å². The molecule has 190 valence electrons. The van der Waals surface area contributed by atoms with Crippen molar-refractivity contribution < 1.29 is 22.8 Å². The molecule has 0 aromatic heterocycles. The molecule has 35 heavy (non-hydrogen) atoms. The number of alkyl halides is 3. The van der Waals surface area contributed by atoms with Crippen LogP contribution in [0.2, 0.25) is 0 Å². The van der Waals surface area contributed by atoms with Gasteiger partial charge in [-0.15, -0.1) is 0 Å². The maximum Gasteiger partial charge on any atom is 0.395 e. The van der Waals surface area contributed by atoms with E-state index in [-0.39, 0.29) is 29.5 Å². The third kappa shape index (κ3) is 8.11. The van der Waals surface area contributed by atoms with Gasteiger partial charge >= 0.3 is 6.18 Å². The van der Waals surface area contributed by atoms with Crippen molar-refractivity contribution >= 4 is 11.8 Å². The number of primary amides is 1. The molecule has 4 rings (SSSR count). The minimum atomic E-state index is -4.29. The SMILES string of the molecule is CC(c1ccc(C(=O)N(C2CCC(CCC(N)=O)CC2)C2CC2)cc1)C(F)(F)F.c1ccccc1. The smallest absolute Gasteiger partial charge is 0.370 e. The molecule has 2 saturated carbocycles. The number of nitrogens with zero attached hydrogens (tertiary/aromatic N) is 1. The summed E-state index contributed by atoms with van der Waals surface area (Å²) in [7, 11) is 0. The fourth-order valence-electron chi connectivity index (χ4n) is 4.68.